The smallest absolute Gasteiger partial charge is 0.295 e. The number of carbonyl (C=O) groups is 2. The summed E-state index contributed by atoms with van der Waals surface area (Å²) in [6, 6.07) is 21.9. The first-order valence-electron chi connectivity index (χ1n) is 12.7. The molecule has 0 saturated carbocycles. The zero-order valence-corrected chi connectivity index (χ0v) is 22.1. The summed E-state index contributed by atoms with van der Waals surface area (Å²) in [5.74, 6) is -1.16. The number of hydrogen-bond donors (Lipinski definition) is 2. The van der Waals surface area contributed by atoms with Gasteiger partial charge in [0.15, 0.2) is 11.5 Å². The molecule has 1 fully saturated rings. The zero-order chi connectivity index (χ0) is 28.2. The van der Waals surface area contributed by atoms with Crippen molar-refractivity contribution in [3.8, 4) is 17.2 Å². The first-order valence-corrected chi connectivity index (χ1v) is 12.7. The number of pyridine rings is 1. The van der Waals surface area contributed by atoms with Crippen LogP contribution < -0.4 is 9.47 Å². The molecule has 4 aromatic rings. The van der Waals surface area contributed by atoms with E-state index in [-0.39, 0.29) is 29.4 Å². The summed E-state index contributed by atoms with van der Waals surface area (Å²) in [6.07, 6.45) is 3.21. The van der Waals surface area contributed by atoms with Crippen LogP contribution in [-0.4, -0.2) is 38.9 Å². The highest BCUT2D eigenvalue weighted by Gasteiger charge is 2.46. The highest BCUT2D eigenvalue weighted by atomic mass is 16.5. The number of aliphatic hydroxyl groups excluding tert-OH is 1. The Kier molecular flexibility index (Phi) is 7.50. The van der Waals surface area contributed by atoms with Gasteiger partial charge in [-0.2, -0.15) is 0 Å². The van der Waals surface area contributed by atoms with E-state index < -0.39 is 17.7 Å². The lowest BCUT2D eigenvalue weighted by Gasteiger charge is -2.26. The van der Waals surface area contributed by atoms with Crippen molar-refractivity contribution in [1.82, 2.24) is 9.88 Å². The fourth-order valence-electron chi connectivity index (χ4n) is 4.77. The van der Waals surface area contributed by atoms with Crippen LogP contribution >= 0.6 is 0 Å². The molecule has 0 radical (unpaired) electrons. The van der Waals surface area contributed by atoms with Crippen LogP contribution in [0.5, 0.6) is 17.2 Å². The van der Waals surface area contributed by atoms with Crippen molar-refractivity contribution in [2.45, 2.75) is 26.1 Å². The summed E-state index contributed by atoms with van der Waals surface area (Å²) in [4.78, 5) is 32.0. The lowest BCUT2D eigenvalue weighted by Crippen LogP contribution is -2.29. The van der Waals surface area contributed by atoms with E-state index in [1.807, 2.05) is 31.2 Å². The number of ether oxygens (including phenoxy) is 2. The van der Waals surface area contributed by atoms with E-state index in [0.717, 1.165) is 16.7 Å². The fourth-order valence-corrected chi connectivity index (χ4v) is 4.77. The van der Waals surface area contributed by atoms with Crippen LogP contribution in [0.15, 0.2) is 96.8 Å². The lowest BCUT2D eigenvalue weighted by atomic mass is 9.94. The number of aryl methyl sites for hydroxylation is 1. The number of nitrogens with zero attached hydrogens (tertiary/aromatic N) is 2. The predicted molar refractivity (Wildman–Crippen MR) is 149 cm³/mol. The topological polar surface area (TPSA) is 109 Å². The highest BCUT2D eigenvalue weighted by molar-refractivity contribution is 6.46. The predicted octanol–water partition coefficient (Wildman–Crippen LogP) is 5.31. The number of aliphatic hydroxyl groups is 1. The van der Waals surface area contributed by atoms with Gasteiger partial charge in [0.05, 0.1) is 18.7 Å². The van der Waals surface area contributed by atoms with Crippen molar-refractivity contribution < 1.29 is 29.3 Å². The van der Waals surface area contributed by atoms with Gasteiger partial charge in [0, 0.05) is 24.5 Å². The molecule has 2 N–H and O–H groups in total. The number of amides is 1. The Balaban J connectivity index is 1.50. The average molecular weight is 537 g/mol. The summed E-state index contributed by atoms with van der Waals surface area (Å²) in [6.45, 7) is 2.52. The van der Waals surface area contributed by atoms with Crippen LogP contribution in [0.2, 0.25) is 0 Å². The molecule has 0 bridgehead atoms. The van der Waals surface area contributed by atoms with Crippen LogP contribution in [0.1, 0.15) is 33.9 Å². The summed E-state index contributed by atoms with van der Waals surface area (Å²) in [5, 5.41) is 21.5. The van der Waals surface area contributed by atoms with Gasteiger partial charge in [-0.05, 0) is 72.1 Å². The van der Waals surface area contributed by atoms with Crippen molar-refractivity contribution in [1.29, 1.82) is 0 Å². The van der Waals surface area contributed by atoms with Gasteiger partial charge >= 0.3 is 0 Å². The summed E-state index contributed by atoms with van der Waals surface area (Å²) >= 11 is 0. The van der Waals surface area contributed by atoms with E-state index >= 15 is 0 Å². The standard InChI is InChI=1S/C32H28N2O6/c1-20-4-3-5-22(16-20)19-40-25-9-6-23(7-10-25)30(36)28-29(24-8-11-26(35)27(17-24)39-2)34(32(38)31(28)37)18-21-12-14-33-15-13-21/h3-17,29,35-36H,18-19H2,1-2H3. The molecule has 202 valence electrons. The van der Waals surface area contributed by atoms with Crippen LogP contribution in [0.3, 0.4) is 0 Å². The SMILES string of the molecule is COc1cc(C2C(=C(O)c3ccc(OCc4cccc(C)c4)cc3)C(=O)C(=O)N2Cc2ccncc2)ccc1O. The van der Waals surface area contributed by atoms with Gasteiger partial charge in [-0.15, -0.1) is 0 Å². The Morgan fingerprint density at radius 1 is 0.950 bits per heavy atom. The van der Waals surface area contributed by atoms with Gasteiger partial charge in [0.1, 0.15) is 18.1 Å². The van der Waals surface area contributed by atoms with E-state index in [2.05, 4.69) is 4.98 Å². The van der Waals surface area contributed by atoms with Gasteiger partial charge in [-0.3, -0.25) is 14.6 Å². The van der Waals surface area contributed by atoms with Crippen LogP contribution in [-0.2, 0) is 22.7 Å². The number of benzene rings is 3. The number of phenols is 1. The first kappa shape index (κ1) is 26.5. The van der Waals surface area contributed by atoms with Crippen LogP contribution in [0.25, 0.3) is 5.76 Å². The van der Waals surface area contributed by atoms with Gasteiger partial charge < -0.3 is 24.6 Å². The molecule has 8 nitrogen and oxygen atoms in total. The number of methoxy groups -OCH3 is 1. The number of aromatic hydroxyl groups is 1. The molecule has 3 aromatic carbocycles. The second-order valence-electron chi connectivity index (χ2n) is 9.52. The largest absolute Gasteiger partial charge is 0.507 e. The third-order valence-electron chi connectivity index (χ3n) is 6.78. The number of rotatable bonds is 8. The maximum Gasteiger partial charge on any atom is 0.295 e. The second kappa shape index (κ2) is 11.3. The quantitative estimate of drug-likeness (QED) is 0.179. The maximum absolute atomic E-state index is 13.4. The van der Waals surface area contributed by atoms with Gasteiger partial charge in [-0.1, -0.05) is 35.9 Å². The molecule has 1 atom stereocenters. The minimum absolute atomic E-state index is 0.0553. The molecule has 1 unspecified atom stereocenters. The Morgan fingerprint density at radius 3 is 2.40 bits per heavy atom. The molecule has 1 aromatic heterocycles. The van der Waals surface area contributed by atoms with Crippen molar-refractivity contribution in [2.75, 3.05) is 7.11 Å². The number of ketones is 1. The average Bonchev–Trinajstić information content (AvgIpc) is 3.22. The van der Waals surface area contributed by atoms with E-state index in [1.165, 1.54) is 18.1 Å². The Bertz CT molecular complexity index is 1580. The fraction of sp³-hybridized carbons (Fsp3) is 0.156. The Hall–Kier alpha value is -5.11. The summed E-state index contributed by atoms with van der Waals surface area (Å²) in [7, 11) is 1.41. The third-order valence-corrected chi connectivity index (χ3v) is 6.78. The first-order chi connectivity index (χ1) is 19.4. The summed E-state index contributed by atoms with van der Waals surface area (Å²) < 4.78 is 11.2. The lowest BCUT2D eigenvalue weighted by molar-refractivity contribution is -0.140. The number of Topliss-reactive ketones (excluding diaryl/α,β-unsaturated/α-hetero) is 1. The van der Waals surface area contributed by atoms with Crippen molar-refractivity contribution >= 4 is 17.4 Å². The number of carbonyl (C=O) groups excluding carboxylic acids is 2. The Labute approximate surface area is 231 Å². The van der Waals surface area contributed by atoms with E-state index in [0.29, 0.717) is 23.5 Å². The van der Waals surface area contributed by atoms with E-state index in [1.54, 1.807) is 60.9 Å². The van der Waals surface area contributed by atoms with Crippen molar-refractivity contribution in [3.05, 3.63) is 125 Å². The molecule has 1 aliphatic heterocycles. The molecule has 0 spiro atoms. The van der Waals surface area contributed by atoms with E-state index in [4.69, 9.17) is 9.47 Å². The number of aromatic nitrogens is 1. The molecule has 2 heterocycles. The molecule has 5 rings (SSSR count). The maximum atomic E-state index is 13.4. The highest BCUT2D eigenvalue weighted by Crippen LogP contribution is 2.42. The number of hydrogen-bond acceptors (Lipinski definition) is 7. The van der Waals surface area contributed by atoms with Gasteiger partial charge in [-0.25, -0.2) is 0 Å². The minimum Gasteiger partial charge on any atom is -0.507 e. The number of phenolic OH excluding ortho intramolecular Hbond substituents is 1. The van der Waals surface area contributed by atoms with Crippen LogP contribution in [0, 0.1) is 6.92 Å². The molecular formula is C32H28N2O6. The second-order valence-corrected chi connectivity index (χ2v) is 9.52. The molecule has 40 heavy (non-hydrogen) atoms. The summed E-state index contributed by atoms with van der Waals surface area (Å²) in [5.41, 5.74) is 3.75. The van der Waals surface area contributed by atoms with Gasteiger partial charge in [0.2, 0.25) is 0 Å². The molecular weight excluding hydrogens is 508 g/mol. The zero-order valence-electron chi connectivity index (χ0n) is 22.1. The molecule has 1 aliphatic rings. The van der Waals surface area contributed by atoms with E-state index in [9.17, 15) is 19.8 Å². The van der Waals surface area contributed by atoms with Gasteiger partial charge in [0.25, 0.3) is 11.7 Å². The number of likely N-dealkylation sites (tertiary alicyclic amines) is 1. The molecule has 0 aliphatic carbocycles. The molecule has 1 amide bonds. The molecule has 8 heteroatoms. The van der Waals surface area contributed by atoms with Crippen LogP contribution in [0.4, 0.5) is 0 Å². The third kappa shape index (κ3) is 5.37. The normalized spacial score (nSPS) is 16.2. The van der Waals surface area contributed by atoms with Crippen molar-refractivity contribution in [2.24, 2.45) is 0 Å². The monoisotopic (exact) mass is 536 g/mol. The van der Waals surface area contributed by atoms with Crippen molar-refractivity contribution in [3.63, 3.8) is 0 Å². The Morgan fingerprint density at radius 2 is 1.70 bits per heavy atom. The molecule has 1 saturated heterocycles. The minimum atomic E-state index is -0.917.